The van der Waals surface area contributed by atoms with E-state index in [0.29, 0.717) is 15.7 Å². The van der Waals surface area contributed by atoms with Gasteiger partial charge in [-0.2, -0.15) is 0 Å². The van der Waals surface area contributed by atoms with E-state index in [1.54, 1.807) is 24.4 Å². The van der Waals surface area contributed by atoms with E-state index in [-0.39, 0.29) is 5.82 Å². The number of thioether (sulfide) groups is 1. The van der Waals surface area contributed by atoms with Gasteiger partial charge in [0.05, 0.1) is 10.7 Å². The molecule has 0 N–H and O–H groups in total. The van der Waals surface area contributed by atoms with Crippen molar-refractivity contribution in [2.45, 2.75) is 10.6 Å². The number of halogens is 2. The second-order valence-electron chi connectivity index (χ2n) is 4.06. The first-order valence-corrected chi connectivity index (χ1v) is 7.09. The molecular weight excluding hydrogens is 283 g/mol. The highest BCUT2D eigenvalue weighted by atomic mass is 35.5. The Morgan fingerprint density at radius 2 is 2.00 bits per heavy atom. The highest BCUT2D eigenvalue weighted by Gasteiger charge is 2.05. The van der Waals surface area contributed by atoms with E-state index in [9.17, 15) is 4.39 Å². The molecule has 0 amide bonds. The lowest BCUT2D eigenvalue weighted by molar-refractivity contribution is 0.602. The Morgan fingerprint density at radius 3 is 2.84 bits per heavy atom. The second kappa shape index (κ2) is 5.23. The highest BCUT2D eigenvalue weighted by Crippen LogP contribution is 2.25. The Balaban J connectivity index is 1.80. The van der Waals surface area contributed by atoms with Gasteiger partial charge in [-0.1, -0.05) is 23.7 Å². The maximum atomic E-state index is 13.5. The molecule has 0 bridgehead atoms. The van der Waals surface area contributed by atoms with Gasteiger partial charge in [0.2, 0.25) is 0 Å². The Labute approximate surface area is 119 Å². The van der Waals surface area contributed by atoms with Gasteiger partial charge < -0.3 is 4.40 Å². The van der Waals surface area contributed by atoms with Crippen LogP contribution in [0.25, 0.3) is 5.65 Å². The highest BCUT2D eigenvalue weighted by molar-refractivity contribution is 7.98. The van der Waals surface area contributed by atoms with Crippen LogP contribution in [0.15, 0.2) is 53.7 Å². The molecule has 2 heterocycles. The van der Waals surface area contributed by atoms with Crippen LogP contribution in [-0.2, 0) is 5.75 Å². The van der Waals surface area contributed by atoms with Crippen molar-refractivity contribution >= 4 is 29.0 Å². The first-order valence-electron chi connectivity index (χ1n) is 5.73. The molecule has 0 aliphatic rings. The zero-order valence-electron chi connectivity index (χ0n) is 9.88. The fraction of sp³-hybridized carbons (Fsp3) is 0.0714. The van der Waals surface area contributed by atoms with Crippen LogP contribution in [0.4, 0.5) is 4.39 Å². The summed E-state index contributed by atoms with van der Waals surface area (Å²) in [6.07, 6.45) is 3.72. The topological polar surface area (TPSA) is 17.3 Å². The van der Waals surface area contributed by atoms with Gasteiger partial charge in [0.25, 0.3) is 0 Å². The summed E-state index contributed by atoms with van der Waals surface area (Å²) >= 11 is 7.35. The summed E-state index contributed by atoms with van der Waals surface area (Å²) in [4.78, 5) is 5.10. The van der Waals surface area contributed by atoms with E-state index in [0.717, 1.165) is 11.3 Å². The van der Waals surface area contributed by atoms with Crippen LogP contribution in [0.5, 0.6) is 0 Å². The molecule has 3 aromatic rings. The Kier molecular flexibility index (Phi) is 3.44. The van der Waals surface area contributed by atoms with Gasteiger partial charge in [0.1, 0.15) is 11.5 Å². The summed E-state index contributed by atoms with van der Waals surface area (Å²) in [6, 6.07) is 10.4. The standard InChI is InChI=1S/C14H10ClFN2S/c15-10-5-6-14-17-11(8-18(14)7-10)9-19-13-4-2-1-3-12(13)16/h1-8H,9H2. The van der Waals surface area contributed by atoms with Crippen LogP contribution in [0.2, 0.25) is 5.02 Å². The van der Waals surface area contributed by atoms with E-state index < -0.39 is 0 Å². The van der Waals surface area contributed by atoms with Crippen LogP contribution >= 0.6 is 23.4 Å². The van der Waals surface area contributed by atoms with Gasteiger partial charge in [-0.3, -0.25) is 0 Å². The molecule has 0 unspecified atom stereocenters. The van der Waals surface area contributed by atoms with E-state index in [1.165, 1.54) is 17.8 Å². The molecule has 1 aromatic carbocycles. The van der Waals surface area contributed by atoms with Gasteiger partial charge in [-0.25, -0.2) is 9.37 Å². The fourth-order valence-electron chi connectivity index (χ4n) is 1.80. The van der Waals surface area contributed by atoms with Crippen LogP contribution in [-0.4, -0.2) is 9.38 Å². The van der Waals surface area contributed by atoms with Crippen molar-refractivity contribution in [3.8, 4) is 0 Å². The average molecular weight is 293 g/mol. The van der Waals surface area contributed by atoms with Crippen LogP contribution in [0, 0.1) is 5.82 Å². The van der Waals surface area contributed by atoms with Crippen molar-refractivity contribution in [3.05, 3.63) is 65.3 Å². The van der Waals surface area contributed by atoms with Crippen LogP contribution in [0.3, 0.4) is 0 Å². The molecule has 0 saturated heterocycles. The molecule has 19 heavy (non-hydrogen) atoms. The zero-order chi connectivity index (χ0) is 13.2. The number of rotatable bonds is 3. The van der Waals surface area contributed by atoms with Crippen molar-refractivity contribution in [1.82, 2.24) is 9.38 Å². The van der Waals surface area contributed by atoms with Crippen molar-refractivity contribution in [2.75, 3.05) is 0 Å². The second-order valence-corrected chi connectivity index (χ2v) is 5.52. The van der Waals surface area contributed by atoms with Crippen LogP contribution < -0.4 is 0 Å². The maximum Gasteiger partial charge on any atom is 0.137 e. The minimum atomic E-state index is -0.195. The van der Waals surface area contributed by atoms with Gasteiger partial charge in [0.15, 0.2) is 0 Å². The largest absolute Gasteiger partial charge is 0.305 e. The Morgan fingerprint density at radius 1 is 1.16 bits per heavy atom. The molecule has 0 spiro atoms. The normalized spacial score (nSPS) is 11.1. The SMILES string of the molecule is Fc1ccccc1SCc1cn2cc(Cl)ccc2n1. The van der Waals surface area contributed by atoms with E-state index in [2.05, 4.69) is 4.98 Å². The number of nitrogens with zero attached hydrogens (tertiary/aromatic N) is 2. The van der Waals surface area contributed by atoms with Crippen LogP contribution in [0.1, 0.15) is 5.69 Å². The molecule has 0 atom stereocenters. The third-order valence-electron chi connectivity index (χ3n) is 2.68. The number of imidazole rings is 1. The number of fused-ring (bicyclic) bond motifs is 1. The maximum absolute atomic E-state index is 13.5. The summed E-state index contributed by atoms with van der Waals surface area (Å²) in [7, 11) is 0. The smallest absolute Gasteiger partial charge is 0.137 e. The lowest BCUT2D eigenvalue weighted by atomic mass is 10.3. The molecule has 2 nitrogen and oxygen atoms in total. The summed E-state index contributed by atoms with van der Waals surface area (Å²) < 4.78 is 15.4. The van der Waals surface area contributed by atoms with Gasteiger partial charge in [0, 0.05) is 23.0 Å². The lowest BCUT2D eigenvalue weighted by Crippen LogP contribution is -1.83. The van der Waals surface area contributed by atoms with Crippen molar-refractivity contribution in [3.63, 3.8) is 0 Å². The lowest BCUT2D eigenvalue weighted by Gasteiger charge is -2.00. The Bertz CT molecular complexity index is 726. The molecule has 0 fully saturated rings. The Hall–Kier alpha value is -1.52. The molecule has 0 aliphatic heterocycles. The van der Waals surface area contributed by atoms with Crippen molar-refractivity contribution in [1.29, 1.82) is 0 Å². The number of pyridine rings is 1. The number of aromatic nitrogens is 2. The monoisotopic (exact) mass is 292 g/mol. The van der Waals surface area contributed by atoms with E-state index >= 15 is 0 Å². The minimum Gasteiger partial charge on any atom is -0.305 e. The molecule has 2 aromatic heterocycles. The molecule has 3 rings (SSSR count). The quantitative estimate of drug-likeness (QED) is 0.665. The molecule has 0 radical (unpaired) electrons. The van der Waals surface area contributed by atoms with E-state index in [4.69, 9.17) is 11.6 Å². The third-order valence-corrected chi connectivity index (χ3v) is 3.98. The predicted octanol–water partition coefficient (Wildman–Crippen LogP) is 4.42. The number of benzene rings is 1. The molecule has 96 valence electrons. The molecule has 0 saturated carbocycles. The van der Waals surface area contributed by atoms with Gasteiger partial charge >= 0.3 is 0 Å². The summed E-state index contributed by atoms with van der Waals surface area (Å²) in [5, 5.41) is 0.665. The molecule has 0 aliphatic carbocycles. The first kappa shape index (κ1) is 12.5. The summed E-state index contributed by atoms with van der Waals surface area (Å²) in [5.41, 5.74) is 1.74. The van der Waals surface area contributed by atoms with E-state index in [1.807, 2.05) is 22.7 Å². The minimum absolute atomic E-state index is 0.195. The zero-order valence-corrected chi connectivity index (χ0v) is 11.5. The van der Waals surface area contributed by atoms with Gasteiger partial charge in [-0.05, 0) is 24.3 Å². The third kappa shape index (κ3) is 2.74. The summed E-state index contributed by atoms with van der Waals surface area (Å²) in [6.45, 7) is 0. The van der Waals surface area contributed by atoms with Crippen molar-refractivity contribution < 1.29 is 4.39 Å². The van der Waals surface area contributed by atoms with Crippen molar-refractivity contribution in [2.24, 2.45) is 0 Å². The molecule has 5 heteroatoms. The predicted molar refractivity (Wildman–Crippen MR) is 76.2 cm³/mol. The number of hydrogen-bond acceptors (Lipinski definition) is 2. The van der Waals surface area contributed by atoms with Gasteiger partial charge in [-0.15, -0.1) is 11.8 Å². The first-order chi connectivity index (χ1) is 9.22. The average Bonchev–Trinajstić information content (AvgIpc) is 2.79. The number of hydrogen-bond donors (Lipinski definition) is 0. The fourth-order valence-corrected chi connectivity index (χ4v) is 2.79. The summed E-state index contributed by atoms with van der Waals surface area (Å²) in [5.74, 6) is 0.430. The molecular formula is C14H10ClFN2S.